The van der Waals surface area contributed by atoms with Crippen molar-refractivity contribution >= 4 is 0 Å². The zero-order chi connectivity index (χ0) is 11.6. The Kier molecular flexibility index (Phi) is 4.48. The number of rotatable bonds is 3. The van der Waals surface area contributed by atoms with Crippen molar-refractivity contribution in [3.05, 3.63) is 0 Å². The maximum Gasteiger partial charge on any atom is 0.160 e. The number of hydrogen-bond acceptors (Lipinski definition) is 5. The van der Waals surface area contributed by atoms with Gasteiger partial charge in [-0.1, -0.05) is 20.3 Å². The van der Waals surface area contributed by atoms with E-state index in [2.05, 4.69) is 0 Å². The minimum atomic E-state index is -1.14. The summed E-state index contributed by atoms with van der Waals surface area (Å²) in [6.45, 7) is 3.41. The van der Waals surface area contributed by atoms with Crippen LogP contribution in [0.3, 0.4) is 0 Å². The highest BCUT2D eigenvalue weighted by atomic mass is 16.6. The fraction of sp³-hybridized carbons (Fsp3) is 1.00. The Balaban J connectivity index is 2.74. The summed E-state index contributed by atoms with van der Waals surface area (Å²) < 4.78 is 5.05. The fourth-order valence-corrected chi connectivity index (χ4v) is 2.01. The van der Waals surface area contributed by atoms with Crippen molar-refractivity contribution in [2.45, 2.75) is 44.9 Å². The molecule has 2 unspecified atom stereocenters. The molecule has 1 aliphatic rings. The molecule has 0 aromatic rings. The third-order valence-corrected chi connectivity index (χ3v) is 3.25. The lowest BCUT2D eigenvalue weighted by Crippen LogP contribution is -2.57. The molecule has 1 heterocycles. The van der Waals surface area contributed by atoms with Gasteiger partial charge in [-0.2, -0.15) is 0 Å². The van der Waals surface area contributed by atoms with Crippen LogP contribution in [-0.4, -0.2) is 51.6 Å². The van der Waals surface area contributed by atoms with Crippen LogP contribution in [0.2, 0.25) is 0 Å². The van der Waals surface area contributed by atoms with Crippen molar-refractivity contribution in [2.75, 3.05) is 6.61 Å². The molecule has 0 aromatic carbocycles. The van der Waals surface area contributed by atoms with Gasteiger partial charge in [0.15, 0.2) is 6.29 Å². The van der Waals surface area contributed by atoms with E-state index in [0.29, 0.717) is 0 Å². The maximum atomic E-state index is 9.81. The Labute approximate surface area is 89.3 Å². The van der Waals surface area contributed by atoms with Gasteiger partial charge in [0.1, 0.15) is 12.2 Å². The van der Waals surface area contributed by atoms with Crippen molar-refractivity contribution < 1.29 is 25.2 Å². The smallest absolute Gasteiger partial charge is 0.160 e. The summed E-state index contributed by atoms with van der Waals surface area (Å²) >= 11 is 0. The second-order valence-corrected chi connectivity index (χ2v) is 4.19. The van der Waals surface area contributed by atoms with E-state index in [4.69, 9.17) is 9.84 Å². The Hall–Kier alpha value is -0.200. The molecule has 0 amide bonds. The molecule has 0 aromatic heterocycles. The van der Waals surface area contributed by atoms with Crippen LogP contribution in [0, 0.1) is 11.8 Å². The van der Waals surface area contributed by atoms with Gasteiger partial charge in [0, 0.05) is 5.92 Å². The standard InChI is InChI=1S/C10H20O5/c1-3-5(2)7-9(13)8(12)6(4-11)15-10(7)14/h5-14H,3-4H2,1-2H3/t5?,6-,7-,8-,9-,10?/m1/s1. The average molecular weight is 220 g/mol. The zero-order valence-electron chi connectivity index (χ0n) is 9.08. The molecule has 5 heteroatoms. The quantitative estimate of drug-likeness (QED) is 0.494. The average Bonchev–Trinajstić information content (AvgIpc) is 2.23. The molecule has 0 spiro atoms. The van der Waals surface area contributed by atoms with Crippen LogP contribution < -0.4 is 0 Å². The summed E-state index contributed by atoms with van der Waals surface area (Å²) in [5.74, 6) is -0.461. The molecule has 90 valence electrons. The van der Waals surface area contributed by atoms with Crippen molar-refractivity contribution in [3.8, 4) is 0 Å². The topological polar surface area (TPSA) is 90.2 Å². The van der Waals surface area contributed by atoms with Gasteiger partial charge in [0.25, 0.3) is 0 Å². The number of ether oxygens (including phenoxy) is 1. The summed E-state index contributed by atoms with van der Waals surface area (Å²) in [5, 5.41) is 38.0. The molecule has 1 saturated heterocycles. The molecule has 0 radical (unpaired) electrons. The van der Waals surface area contributed by atoms with Crippen LogP contribution in [-0.2, 0) is 4.74 Å². The van der Waals surface area contributed by atoms with Gasteiger partial charge in [-0.15, -0.1) is 0 Å². The van der Waals surface area contributed by atoms with Crippen molar-refractivity contribution in [2.24, 2.45) is 11.8 Å². The van der Waals surface area contributed by atoms with Crippen LogP contribution >= 0.6 is 0 Å². The molecule has 0 bridgehead atoms. The normalized spacial score (nSPS) is 44.0. The summed E-state index contributed by atoms with van der Waals surface area (Å²) in [6, 6.07) is 0. The molecule has 1 aliphatic heterocycles. The van der Waals surface area contributed by atoms with Gasteiger partial charge < -0.3 is 25.2 Å². The summed E-state index contributed by atoms with van der Waals surface area (Å²) in [5.41, 5.74) is 0. The first kappa shape index (κ1) is 12.9. The van der Waals surface area contributed by atoms with Crippen molar-refractivity contribution in [1.29, 1.82) is 0 Å². The van der Waals surface area contributed by atoms with E-state index in [0.717, 1.165) is 6.42 Å². The number of aliphatic hydroxyl groups is 4. The highest BCUT2D eigenvalue weighted by Gasteiger charge is 2.45. The Morgan fingerprint density at radius 3 is 2.27 bits per heavy atom. The first-order chi connectivity index (χ1) is 7.02. The van der Waals surface area contributed by atoms with Gasteiger partial charge in [-0.3, -0.25) is 0 Å². The van der Waals surface area contributed by atoms with Gasteiger partial charge in [0.05, 0.1) is 12.7 Å². The lowest BCUT2D eigenvalue weighted by molar-refractivity contribution is -0.278. The zero-order valence-corrected chi connectivity index (χ0v) is 9.08. The van der Waals surface area contributed by atoms with Crippen molar-refractivity contribution in [1.82, 2.24) is 0 Å². The highest BCUT2D eigenvalue weighted by molar-refractivity contribution is 4.90. The van der Waals surface area contributed by atoms with E-state index in [-0.39, 0.29) is 5.92 Å². The Morgan fingerprint density at radius 2 is 1.80 bits per heavy atom. The van der Waals surface area contributed by atoms with Crippen LogP contribution in [0.1, 0.15) is 20.3 Å². The van der Waals surface area contributed by atoms with Crippen LogP contribution in [0.4, 0.5) is 0 Å². The molecular weight excluding hydrogens is 200 g/mol. The Morgan fingerprint density at radius 1 is 1.20 bits per heavy atom. The third-order valence-electron chi connectivity index (χ3n) is 3.25. The fourth-order valence-electron chi connectivity index (χ4n) is 2.01. The summed E-state index contributed by atoms with van der Waals surface area (Å²) in [6.07, 6.45) is -3.46. The SMILES string of the molecule is CCC(C)[C@H]1C(O)O[C@H](CO)[C@@H](O)[C@@H]1O. The first-order valence-electron chi connectivity index (χ1n) is 5.33. The second kappa shape index (κ2) is 5.23. The van der Waals surface area contributed by atoms with E-state index in [1.54, 1.807) is 0 Å². The largest absolute Gasteiger partial charge is 0.394 e. The lowest BCUT2D eigenvalue weighted by Gasteiger charge is -2.42. The molecule has 15 heavy (non-hydrogen) atoms. The predicted octanol–water partition coefficient (Wildman–Crippen LogP) is -0.920. The third kappa shape index (κ3) is 2.49. The summed E-state index contributed by atoms with van der Waals surface area (Å²) in [4.78, 5) is 0. The van der Waals surface area contributed by atoms with Crippen LogP contribution in [0.15, 0.2) is 0 Å². The van der Waals surface area contributed by atoms with Crippen molar-refractivity contribution in [3.63, 3.8) is 0 Å². The minimum absolute atomic E-state index is 0.0456. The highest BCUT2D eigenvalue weighted by Crippen LogP contribution is 2.31. The van der Waals surface area contributed by atoms with E-state index >= 15 is 0 Å². The molecule has 0 saturated carbocycles. The van der Waals surface area contributed by atoms with Gasteiger partial charge in [-0.05, 0) is 5.92 Å². The molecule has 5 nitrogen and oxygen atoms in total. The van der Waals surface area contributed by atoms with Crippen LogP contribution in [0.25, 0.3) is 0 Å². The second-order valence-electron chi connectivity index (χ2n) is 4.19. The lowest BCUT2D eigenvalue weighted by atomic mass is 9.81. The molecular formula is C10H20O5. The van der Waals surface area contributed by atoms with E-state index in [1.807, 2.05) is 13.8 Å². The summed E-state index contributed by atoms with van der Waals surface area (Å²) in [7, 11) is 0. The monoisotopic (exact) mass is 220 g/mol. The predicted molar refractivity (Wildman–Crippen MR) is 52.9 cm³/mol. The number of aliphatic hydroxyl groups excluding tert-OH is 4. The molecule has 6 atom stereocenters. The van der Waals surface area contributed by atoms with Crippen LogP contribution in [0.5, 0.6) is 0 Å². The van der Waals surface area contributed by atoms with Gasteiger partial charge >= 0.3 is 0 Å². The molecule has 1 rings (SSSR count). The van der Waals surface area contributed by atoms with E-state index in [1.165, 1.54) is 0 Å². The van der Waals surface area contributed by atoms with Gasteiger partial charge in [0.2, 0.25) is 0 Å². The molecule has 0 aliphatic carbocycles. The number of hydrogen-bond donors (Lipinski definition) is 4. The minimum Gasteiger partial charge on any atom is -0.394 e. The van der Waals surface area contributed by atoms with Gasteiger partial charge in [-0.25, -0.2) is 0 Å². The molecule has 4 N–H and O–H groups in total. The molecule has 1 fully saturated rings. The van der Waals surface area contributed by atoms with E-state index < -0.39 is 37.1 Å². The first-order valence-corrected chi connectivity index (χ1v) is 5.33. The maximum absolute atomic E-state index is 9.81. The Bertz CT molecular complexity index is 198. The van der Waals surface area contributed by atoms with E-state index in [9.17, 15) is 15.3 Å².